The van der Waals surface area contributed by atoms with Crippen LogP contribution >= 0.6 is 0 Å². The Balaban J connectivity index is 2.52. The highest BCUT2D eigenvalue weighted by Crippen LogP contribution is 2.15. The third kappa shape index (κ3) is 2.26. The average molecular weight is 163 g/mol. The average Bonchev–Trinajstić information content (AvgIpc) is 2.56. The fourth-order valence-electron chi connectivity index (χ4n) is 1.42. The van der Waals surface area contributed by atoms with E-state index in [2.05, 4.69) is 24.1 Å². The number of nitrogens with zero attached hydrogens (tertiary/aromatic N) is 1. The molecule has 0 aromatic heterocycles. The summed E-state index contributed by atoms with van der Waals surface area (Å²) in [4.78, 5) is 2.33. The lowest BCUT2D eigenvalue weighted by molar-refractivity contribution is 0.442. The van der Waals surface area contributed by atoms with Crippen LogP contribution in [0.1, 0.15) is 19.8 Å². The molecule has 66 valence electrons. The molecule has 0 unspecified atom stereocenters. The molecular formula is C11H17N. The van der Waals surface area contributed by atoms with Crippen molar-refractivity contribution in [3.63, 3.8) is 0 Å². The topological polar surface area (TPSA) is 3.24 Å². The largest absolute Gasteiger partial charge is 0.372 e. The van der Waals surface area contributed by atoms with Gasteiger partial charge in [-0.3, -0.25) is 0 Å². The van der Waals surface area contributed by atoms with Gasteiger partial charge in [0.1, 0.15) is 0 Å². The number of hydrogen-bond donors (Lipinski definition) is 0. The summed E-state index contributed by atoms with van der Waals surface area (Å²) in [6.07, 6.45) is 6.57. The minimum Gasteiger partial charge on any atom is -0.372 e. The zero-order valence-corrected chi connectivity index (χ0v) is 7.84. The van der Waals surface area contributed by atoms with Gasteiger partial charge in [0.2, 0.25) is 0 Å². The molecule has 0 spiro atoms. The number of allylic oxidation sites excluding steroid dienone is 3. The predicted molar refractivity (Wildman–Crippen MR) is 53.9 cm³/mol. The summed E-state index contributed by atoms with van der Waals surface area (Å²) in [5.74, 6) is 0. The van der Waals surface area contributed by atoms with Gasteiger partial charge in [-0.2, -0.15) is 0 Å². The zero-order valence-electron chi connectivity index (χ0n) is 7.84. The molecule has 1 nitrogen and oxygen atoms in total. The van der Waals surface area contributed by atoms with E-state index in [-0.39, 0.29) is 0 Å². The molecule has 1 fully saturated rings. The van der Waals surface area contributed by atoms with Crippen LogP contribution in [-0.4, -0.2) is 18.0 Å². The van der Waals surface area contributed by atoms with Crippen molar-refractivity contribution in [1.29, 1.82) is 0 Å². The second kappa shape index (κ2) is 4.15. The Bertz CT molecular complexity index is 207. The van der Waals surface area contributed by atoms with Crippen molar-refractivity contribution in [2.75, 3.05) is 13.1 Å². The van der Waals surface area contributed by atoms with Crippen LogP contribution in [0.15, 0.2) is 36.6 Å². The van der Waals surface area contributed by atoms with Gasteiger partial charge in [0.15, 0.2) is 0 Å². The quantitative estimate of drug-likeness (QED) is 0.578. The Hall–Kier alpha value is -0.980. The standard InChI is InChI=1S/C11H17N/c1-4-10(2)9-11(3)12-7-5-6-8-12/h4,9H,1,3,5-8H2,2H3/b10-9-. The summed E-state index contributed by atoms with van der Waals surface area (Å²) < 4.78 is 0. The van der Waals surface area contributed by atoms with Crippen molar-refractivity contribution >= 4 is 0 Å². The van der Waals surface area contributed by atoms with Gasteiger partial charge in [-0.15, -0.1) is 0 Å². The lowest BCUT2D eigenvalue weighted by Gasteiger charge is -2.17. The fraction of sp³-hybridized carbons (Fsp3) is 0.455. The summed E-state index contributed by atoms with van der Waals surface area (Å²) >= 11 is 0. The predicted octanol–water partition coefficient (Wildman–Crippen LogP) is 2.73. The Morgan fingerprint density at radius 3 is 2.42 bits per heavy atom. The molecule has 0 saturated carbocycles. The molecule has 1 heteroatoms. The van der Waals surface area contributed by atoms with Crippen LogP contribution in [0.5, 0.6) is 0 Å². The molecular weight excluding hydrogens is 146 g/mol. The van der Waals surface area contributed by atoms with Gasteiger partial charge < -0.3 is 4.90 Å². The van der Waals surface area contributed by atoms with E-state index in [0.29, 0.717) is 0 Å². The molecule has 0 radical (unpaired) electrons. The fourth-order valence-corrected chi connectivity index (χ4v) is 1.42. The molecule has 0 N–H and O–H groups in total. The van der Waals surface area contributed by atoms with Gasteiger partial charge in [0.05, 0.1) is 0 Å². The molecule has 0 bridgehead atoms. The van der Waals surface area contributed by atoms with Crippen molar-refractivity contribution in [2.45, 2.75) is 19.8 Å². The highest BCUT2D eigenvalue weighted by Gasteiger charge is 2.10. The SMILES string of the molecule is C=C/C(C)=C\C(=C)N1CCCC1. The van der Waals surface area contributed by atoms with E-state index in [1.807, 2.05) is 13.0 Å². The van der Waals surface area contributed by atoms with Gasteiger partial charge in [0, 0.05) is 18.8 Å². The molecule has 1 aliphatic rings. The van der Waals surface area contributed by atoms with Gasteiger partial charge in [-0.05, 0) is 31.4 Å². The van der Waals surface area contributed by atoms with E-state index in [1.165, 1.54) is 31.5 Å². The van der Waals surface area contributed by atoms with Gasteiger partial charge >= 0.3 is 0 Å². The lowest BCUT2D eigenvalue weighted by Crippen LogP contribution is -2.16. The van der Waals surface area contributed by atoms with Crippen molar-refractivity contribution in [1.82, 2.24) is 4.90 Å². The molecule has 0 amide bonds. The van der Waals surface area contributed by atoms with Crippen LogP contribution in [0.25, 0.3) is 0 Å². The third-order valence-corrected chi connectivity index (χ3v) is 2.23. The molecule has 1 heterocycles. The third-order valence-electron chi connectivity index (χ3n) is 2.23. The monoisotopic (exact) mass is 163 g/mol. The molecule has 0 aromatic rings. The Labute approximate surface area is 75.1 Å². The summed E-state index contributed by atoms with van der Waals surface area (Å²) in [5.41, 5.74) is 2.32. The minimum absolute atomic E-state index is 1.13. The van der Waals surface area contributed by atoms with Crippen LogP contribution in [-0.2, 0) is 0 Å². The van der Waals surface area contributed by atoms with Crippen LogP contribution in [0.3, 0.4) is 0 Å². The van der Waals surface area contributed by atoms with Crippen molar-refractivity contribution in [3.8, 4) is 0 Å². The first-order valence-electron chi connectivity index (χ1n) is 4.48. The second-order valence-electron chi connectivity index (χ2n) is 3.28. The molecule has 1 rings (SSSR count). The normalized spacial score (nSPS) is 18.1. The van der Waals surface area contributed by atoms with Gasteiger partial charge in [-0.1, -0.05) is 19.2 Å². The van der Waals surface area contributed by atoms with E-state index >= 15 is 0 Å². The Kier molecular flexibility index (Phi) is 3.15. The zero-order chi connectivity index (χ0) is 8.97. The highest BCUT2D eigenvalue weighted by atomic mass is 15.1. The molecule has 0 aromatic carbocycles. The van der Waals surface area contributed by atoms with E-state index in [9.17, 15) is 0 Å². The Morgan fingerprint density at radius 2 is 1.92 bits per heavy atom. The summed E-state index contributed by atoms with van der Waals surface area (Å²) in [6.45, 7) is 12.1. The maximum Gasteiger partial charge on any atom is 0.0295 e. The van der Waals surface area contributed by atoms with E-state index in [0.717, 1.165) is 5.70 Å². The van der Waals surface area contributed by atoms with Crippen LogP contribution in [0, 0.1) is 0 Å². The first kappa shape index (κ1) is 9.11. The first-order chi connectivity index (χ1) is 5.74. The van der Waals surface area contributed by atoms with E-state index in [1.54, 1.807) is 0 Å². The van der Waals surface area contributed by atoms with E-state index in [4.69, 9.17) is 0 Å². The van der Waals surface area contributed by atoms with Gasteiger partial charge in [0.25, 0.3) is 0 Å². The number of rotatable bonds is 3. The van der Waals surface area contributed by atoms with Crippen molar-refractivity contribution in [2.24, 2.45) is 0 Å². The molecule has 12 heavy (non-hydrogen) atoms. The van der Waals surface area contributed by atoms with Crippen LogP contribution < -0.4 is 0 Å². The lowest BCUT2D eigenvalue weighted by atomic mass is 10.2. The minimum atomic E-state index is 1.13. The summed E-state index contributed by atoms with van der Waals surface area (Å²) in [7, 11) is 0. The van der Waals surface area contributed by atoms with Gasteiger partial charge in [-0.25, -0.2) is 0 Å². The molecule has 0 aliphatic carbocycles. The maximum absolute atomic E-state index is 4.03. The first-order valence-corrected chi connectivity index (χ1v) is 4.48. The second-order valence-corrected chi connectivity index (χ2v) is 3.28. The van der Waals surface area contributed by atoms with Crippen LogP contribution in [0.2, 0.25) is 0 Å². The Morgan fingerprint density at radius 1 is 1.33 bits per heavy atom. The van der Waals surface area contributed by atoms with Crippen molar-refractivity contribution < 1.29 is 0 Å². The van der Waals surface area contributed by atoms with Crippen molar-refractivity contribution in [3.05, 3.63) is 36.6 Å². The molecule has 1 aliphatic heterocycles. The highest BCUT2D eigenvalue weighted by molar-refractivity contribution is 5.25. The molecule has 0 atom stereocenters. The van der Waals surface area contributed by atoms with E-state index < -0.39 is 0 Å². The summed E-state index contributed by atoms with van der Waals surface area (Å²) in [6, 6.07) is 0. The number of hydrogen-bond acceptors (Lipinski definition) is 1. The number of likely N-dealkylation sites (tertiary alicyclic amines) is 1. The van der Waals surface area contributed by atoms with Crippen LogP contribution in [0.4, 0.5) is 0 Å². The maximum atomic E-state index is 4.03. The molecule has 1 saturated heterocycles. The smallest absolute Gasteiger partial charge is 0.0295 e. The summed E-state index contributed by atoms with van der Waals surface area (Å²) in [5, 5.41) is 0.